The number of nitrogens with one attached hydrogen (secondary N) is 2. The Bertz CT molecular complexity index is 1140. The van der Waals surface area contributed by atoms with Crippen LogP contribution < -0.4 is 22.1 Å². The Morgan fingerprint density at radius 1 is 1.34 bits per heavy atom. The van der Waals surface area contributed by atoms with Gasteiger partial charge in [0.05, 0.1) is 28.5 Å². The molecule has 0 spiro atoms. The predicted molar refractivity (Wildman–Crippen MR) is 123 cm³/mol. The first-order chi connectivity index (χ1) is 15.0. The summed E-state index contributed by atoms with van der Waals surface area (Å²) in [7, 11) is 0. The molecule has 1 amide bonds. The number of aromatic nitrogens is 4. The van der Waals surface area contributed by atoms with Crippen LogP contribution in [-0.2, 0) is 0 Å². The fraction of sp³-hybridized carbons (Fsp3) is 0.545. The number of anilines is 2. The van der Waals surface area contributed by atoms with Crippen LogP contribution >= 0.6 is 0 Å². The van der Waals surface area contributed by atoms with Crippen molar-refractivity contribution in [2.24, 2.45) is 22.8 Å². The van der Waals surface area contributed by atoms with Crippen LogP contribution in [0.5, 0.6) is 0 Å². The molecule has 6 N–H and O–H groups in total. The highest BCUT2D eigenvalue weighted by molar-refractivity contribution is 6.02. The summed E-state index contributed by atoms with van der Waals surface area (Å²) in [6.45, 7) is 11.3. The quantitative estimate of drug-likeness (QED) is 0.438. The van der Waals surface area contributed by atoms with Gasteiger partial charge in [-0.25, -0.2) is 4.52 Å². The molecule has 3 aromatic rings. The minimum absolute atomic E-state index is 0.0652. The molecule has 0 bridgehead atoms. The summed E-state index contributed by atoms with van der Waals surface area (Å²) in [5.41, 5.74) is 14.1. The molecule has 0 unspecified atom stereocenters. The molecule has 10 heteroatoms. The number of carbonyl (C=O) groups is 1. The molecule has 0 saturated heterocycles. The summed E-state index contributed by atoms with van der Waals surface area (Å²) < 4.78 is 7.44. The average molecular weight is 441 g/mol. The second kappa shape index (κ2) is 7.77. The summed E-state index contributed by atoms with van der Waals surface area (Å²) in [4.78, 5) is 12.2. The monoisotopic (exact) mass is 440 g/mol. The lowest BCUT2D eigenvalue weighted by molar-refractivity contribution is 0.100. The van der Waals surface area contributed by atoms with Crippen molar-refractivity contribution in [3.05, 3.63) is 24.0 Å². The number of hydrogen-bond donors (Lipinski definition) is 4. The summed E-state index contributed by atoms with van der Waals surface area (Å²) >= 11 is 0. The van der Waals surface area contributed by atoms with Crippen LogP contribution in [0.15, 0.2) is 22.9 Å². The van der Waals surface area contributed by atoms with E-state index in [1.807, 2.05) is 6.07 Å². The van der Waals surface area contributed by atoms with Crippen molar-refractivity contribution in [3.63, 3.8) is 0 Å². The van der Waals surface area contributed by atoms with Crippen molar-refractivity contribution >= 4 is 23.1 Å². The van der Waals surface area contributed by atoms with Gasteiger partial charge in [0, 0.05) is 29.7 Å². The lowest BCUT2D eigenvalue weighted by atomic mass is 9.75. The van der Waals surface area contributed by atoms with Crippen LogP contribution in [0, 0.1) is 11.3 Å². The van der Waals surface area contributed by atoms with Gasteiger partial charge in [-0.05, 0) is 31.7 Å². The first kappa shape index (κ1) is 22.1. The molecule has 0 aromatic carbocycles. The van der Waals surface area contributed by atoms with Crippen molar-refractivity contribution < 1.29 is 9.21 Å². The van der Waals surface area contributed by atoms with E-state index in [9.17, 15) is 4.79 Å². The SMILES string of the molecule is CC(C)CNc1nnc(-c2cc3c(N[C@@H]4CC[C@](C)(N)C4(C)C)c(C(N)=O)cnn3c2)o1. The molecule has 4 rings (SSSR count). The largest absolute Gasteiger partial charge is 0.403 e. The van der Waals surface area contributed by atoms with E-state index in [1.165, 1.54) is 6.20 Å². The number of nitrogens with zero attached hydrogens (tertiary/aromatic N) is 4. The van der Waals surface area contributed by atoms with Crippen LogP contribution in [0.4, 0.5) is 11.7 Å². The maximum absolute atomic E-state index is 12.2. The topological polar surface area (TPSA) is 149 Å². The lowest BCUT2D eigenvalue weighted by Crippen LogP contribution is -2.51. The van der Waals surface area contributed by atoms with Gasteiger partial charge in [-0.3, -0.25) is 4.79 Å². The van der Waals surface area contributed by atoms with Crippen LogP contribution in [0.3, 0.4) is 0 Å². The normalized spacial score (nSPS) is 22.5. The molecule has 2 atom stereocenters. The molecule has 3 heterocycles. The first-order valence-corrected chi connectivity index (χ1v) is 10.9. The van der Waals surface area contributed by atoms with Gasteiger partial charge < -0.3 is 26.5 Å². The van der Waals surface area contributed by atoms with Gasteiger partial charge in [-0.15, -0.1) is 5.10 Å². The Morgan fingerprint density at radius 3 is 2.72 bits per heavy atom. The summed E-state index contributed by atoms with van der Waals surface area (Å²) in [6, 6.07) is 2.30. The van der Waals surface area contributed by atoms with Crippen molar-refractivity contribution in [2.45, 2.75) is 59.0 Å². The zero-order chi connectivity index (χ0) is 23.3. The highest BCUT2D eigenvalue weighted by Gasteiger charge is 2.49. The van der Waals surface area contributed by atoms with E-state index in [4.69, 9.17) is 15.9 Å². The minimum atomic E-state index is -0.547. The van der Waals surface area contributed by atoms with Gasteiger partial charge in [0.15, 0.2) is 0 Å². The second-order valence-corrected chi connectivity index (χ2v) is 9.92. The third kappa shape index (κ3) is 3.79. The third-order valence-corrected chi connectivity index (χ3v) is 6.85. The van der Waals surface area contributed by atoms with Crippen LogP contribution in [-0.4, -0.2) is 43.8 Å². The molecular formula is C22H32N8O2. The van der Waals surface area contributed by atoms with Gasteiger partial charge in [0.25, 0.3) is 11.8 Å². The van der Waals surface area contributed by atoms with E-state index in [2.05, 4.69) is 60.5 Å². The zero-order valence-corrected chi connectivity index (χ0v) is 19.3. The molecule has 0 radical (unpaired) electrons. The van der Waals surface area contributed by atoms with E-state index in [0.717, 1.165) is 19.4 Å². The molecule has 172 valence electrons. The summed E-state index contributed by atoms with van der Waals surface area (Å²) in [6.07, 6.45) is 5.03. The van der Waals surface area contributed by atoms with Gasteiger partial charge in [-0.2, -0.15) is 5.10 Å². The van der Waals surface area contributed by atoms with E-state index < -0.39 is 5.91 Å². The molecule has 1 aliphatic carbocycles. The number of nitrogens with two attached hydrogens (primary N) is 2. The van der Waals surface area contributed by atoms with Crippen molar-refractivity contribution in [1.29, 1.82) is 0 Å². The number of carbonyl (C=O) groups excluding carboxylic acids is 1. The highest BCUT2D eigenvalue weighted by atomic mass is 16.4. The Hall–Kier alpha value is -3.14. The fourth-order valence-corrected chi connectivity index (χ4v) is 4.17. The minimum Gasteiger partial charge on any atom is -0.403 e. The average Bonchev–Trinajstić information content (AvgIpc) is 3.39. The van der Waals surface area contributed by atoms with Gasteiger partial charge in [0.1, 0.15) is 0 Å². The van der Waals surface area contributed by atoms with E-state index in [1.54, 1.807) is 10.7 Å². The zero-order valence-electron chi connectivity index (χ0n) is 19.3. The molecule has 32 heavy (non-hydrogen) atoms. The lowest BCUT2D eigenvalue weighted by Gasteiger charge is -2.39. The summed E-state index contributed by atoms with van der Waals surface area (Å²) in [5, 5.41) is 19.2. The second-order valence-electron chi connectivity index (χ2n) is 9.92. The van der Waals surface area contributed by atoms with E-state index in [-0.39, 0.29) is 17.0 Å². The molecule has 1 saturated carbocycles. The Labute approximate surface area is 187 Å². The standard InChI is InChI=1S/C22H32N8O2/c1-12(2)9-25-20-29-28-19(32-20)13-8-15-17(14(18(23)31)10-26-30(15)11-13)27-16-6-7-22(5,24)21(16,3)4/h8,10-12,16,27H,6-7,9,24H2,1-5H3,(H2,23,31)(H,25,29)/t16-,22+/m1/s1. The number of primary amides is 1. The van der Waals surface area contributed by atoms with Crippen LogP contribution in [0.25, 0.3) is 17.0 Å². The van der Waals surface area contributed by atoms with E-state index in [0.29, 0.717) is 40.2 Å². The van der Waals surface area contributed by atoms with Gasteiger partial charge in [-0.1, -0.05) is 32.8 Å². The smallest absolute Gasteiger partial charge is 0.315 e. The highest BCUT2D eigenvalue weighted by Crippen LogP contribution is 2.46. The molecule has 10 nitrogen and oxygen atoms in total. The molecule has 1 fully saturated rings. The molecular weight excluding hydrogens is 408 g/mol. The Kier molecular flexibility index (Phi) is 5.36. The first-order valence-electron chi connectivity index (χ1n) is 10.9. The maximum atomic E-state index is 12.2. The number of rotatable bonds is 7. The Morgan fingerprint density at radius 2 is 2.09 bits per heavy atom. The van der Waals surface area contributed by atoms with Crippen molar-refractivity contribution in [3.8, 4) is 11.5 Å². The third-order valence-electron chi connectivity index (χ3n) is 6.85. The molecule has 1 aliphatic rings. The van der Waals surface area contributed by atoms with Crippen molar-refractivity contribution in [2.75, 3.05) is 17.2 Å². The summed E-state index contributed by atoms with van der Waals surface area (Å²) in [5.74, 6) is 0.265. The van der Waals surface area contributed by atoms with Gasteiger partial charge >= 0.3 is 6.01 Å². The number of fused-ring (bicyclic) bond motifs is 1. The van der Waals surface area contributed by atoms with Crippen LogP contribution in [0.1, 0.15) is 57.8 Å². The van der Waals surface area contributed by atoms with Crippen molar-refractivity contribution in [1.82, 2.24) is 19.8 Å². The van der Waals surface area contributed by atoms with Crippen LogP contribution in [0.2, 0.25) is 0 Å². The Balaban J connectivity index is 1.72. The van der Waals surface area contributed by atoms with Gasteiger partial charge in [0.2, 0.25) is 0 Å². The number of amides is 1. The van der Waals surface area contributed by atoms with E-state index >= 15 is 0 Å². The number of hydrogen-bond acceptors (Lipinski definition) is 8. The fourth-order valence-electron chi connectivity index (χ4n) is 4.17. The molecule has 0 aliphatic heterocycles. The maximum Gasteiger partial charge on any atom is 0.315 e. The molecule has 3 aromatic heterocycles. The predicted octanol–water partition coefficient (Wildman–Crippen LogP) is 2.87.